The molecule has 0 aliphatic heterocycles. The minimum absolute atomic E-state index is 1.20. The molecule has 0 bridgehead atoms. The second kappa shape index (κ2) is 14.7. The summed E-state index contributed by atoms with van der Waals surface area (Å²) < 4.78 is 0. The van der Waals surface area contributed by atoms with Gasteiger partial charge in [0.25, 0.3) is 0 Å². The van der Waals surface area contributed by atoms with E-state index in [1.165, 1.54) is 132 Å². The van der Waals surface area contributed by atoms with Gasteiger partial charge < -0.3 is 0 Å². The van der Waals surface area contributed by atoms with Crippen molar-refractivity contribution in [1.29, 1.82) is 0 Å². The van der Waals surface area contributed by atoms with E-state index in [4.69, 9.17) is 0 Å². The first-order chi connectivity index (χ1) is 31.8. The van der Waals surface area contributed by atoms with Crippen LogP contribution in [-0.2, 0) is 0 Å². The molecule has 0 N–H and O–H groups in total. The van der Waals surface area contributed by atoms with Gasteiger partial charge in [0, 0.05) is 0 Å². The minimum atomic E-state index is 1.20. The minimum Gasteiger partial charge on any atom is -0.0622 e. The van der Waals surface area contributed by atoms with Crippen molar-refractivity contribution in [2.75, 3.05) is 0 Å². The van der Waals surface area contributed by atoms with Crippen molar-refractivity contribution in [3.63, 3.8) is 0 Å². The largest absolute Gasteiger partial charge is 0.0622 e. The maximum absolute atomic E-state index is 2.47. The third-order valence-corrected chi connectivity index (χ3v) is 13.5. The second-order valence-electron chi connectivity index (χ2n) is 17.1. The van der Waals surface area contributed by atoms with Gasteiger partial charge in [0.2, 0.25) is 0 Å². The SMILES string of the molecule is c1ccc(-c2ccccc2-c2cccc(-c3c4c(c(-c5cccc(-c6ccccc6-c6ccccc6)c5)c5cc6ccccc6cc35)-c3cc5ccccc5c5cccc-4c35)c2)cc1. The first-order valence-electron chi connectivity index (χ1n) is 22.2. The zero-order valence-corrected chi connectivity index (χ0v) is 35.1. The number of rotatable bonds is 6. The summed E-state index contributed by atoms with van der Waals surface area (Å²) in [5, 5.41) is 10.1. The fraction of sp³-hybridized carbons (Fsp3) is 0. The van der Waals surface area contributed by atoms with E-state index in [1.807, 2.05) is 0 Å². The van der Waals surface area contributed by atoms with Crippen LogP contribution in [0.4, 0.5) is 0 Å². The standard InChI is InChI=1S/C64H40/c1-3-18-41(19-4-1)50-29-11-13-31-52(50)45-25-15-27-48(36-45)60-57-38-43-22-7-8-23-44(43)39-58(57)61(49-28-16-26-46(37-49)53-32-14-12-30-51(53)42-20-5-2-6-21-42)64-59-40-47-24-9-10-33-54(47)55-34-17-35-56(62(55)59)63(60)64/h1-40H. The van der Waals surface area contributed by atoms with E-state index in [2.05, 4.69) is 243 Å². The molecule has 296 valence electrons. The summed E-state index contributed by atoms with van der Waals surface area (Å²) in [5.41, 5.74) is 19.9. The molecular weight excluding hydrogens is 769 g/mol. The van der Waals surface area contributed by atoms with Crippen LogP contribution in [0.25, 0.3) is 132 Å². The number of fused-ring (bicyclic) bond motifs is 7. The number of hydrogen-bond acceptors (Lipinski definition) is 0. The summed E-state index contributed by atoms with van der Waals surface area (Å²) in [4.78, 5) is 0. The van der Waals surface area contributed by atoms with Gasteiger partial charge in [-0.1, -0.05) is 212 Å². The van der Waals surface area contributed by atoms with Crippen molar-refractivity contribution < 1.29 is 0 Å². The predicted octanol–water partition coefficient (Wildman–Crippen LogP) is 17.9. The maximum atomic E-state index is 2.47. The molecule has 12 aromatic rings. The van der Waals surface area contributed by atoms with E-state index in [-0.39, 0.29) is 0 Å². The maximum Gasteiger partial charge on any atom is -0.000719 e. The lowest BCUT2D eigenvalue weighted by Crippen LogP contribution is -1.95. The van der Waals surface area contributed by atoms with Crippen LogP contribution in [0.1, 0.15) is 0 Å². The molecule has 0 aromatic heterocycles. The van der Waals surface area contributed by atoms with Crippen LogP contribution < -0.4 is 0 Å². The highest BCUT2D eigenvalue weighted by Crippen LogP contribution is 2.59. The molecule has 0 saturated heterocycles. The number of benzene rings is 12. The highest BCUT2D eigenvalue weighted by molar-refractivity contribution is 6.31. The molecule has 0 heterocycles. The smallest absolute Gasteiger partial charge is 0.000719 e. The van der Waals surface area contributed by atoms with E-state index in [1.54, 1.807) is 0 Å². The molecule has 0 unspecified atom stereocenters. The third-order valence-electron chi connectivity index (χ3n) is 13.5. The van der Waals surface area contributed by atoms with Gasteiger partial charge in [0.15, 0.2) is 0 Å². The van der Waals surface area contributed by atoms with Crippen molar-refractivity contribution in [1.82, 2.24) is 0 Å². The average molecular weight is 809 g/mol. The second-order valence-corrected chi connectivity index (χ2v) is 17.1. The van der Waals surface area contributed by atoms with Gasteiger partial charge in [-0.3, -0.25) is 0 Å². The van der Waals surface area contributed by atoms with Crippen LogP contribution in [0.3, 0.4) is 0 Å². The molecule has 0 saturated carbocycles. The van der Waals surface area contributed by atoms with E-state index >= 15 is 0 Å². The molecule has 0 atom stereocenters. The fourth-order valence-corrected chi connectivity index (χ4v) is 10.8. The molecule has 1 aliphatic carbocycles. The first kappa shape index (κ1) is 36.3. The predicted molar refractivity (Wildman–Crippen MR) is 274 cm³/mol. The normalized spacial score (nSPS) is 11.8. The molecule has 0 amide bonds. The Bertz CT molecular complexity index is 3820. The van der Waals surface area contributed by atoms with Crippen molar-refractivity contribution in [3.8, 4) is 89.0 Å². The van der Waals surface area contributed by atoms with E-state index in [0.717, 1.165) is 0 Å². The van der Waals surface area contributed by atoms with Gasteiger partial charge in [0.1, 0.15) is 0 Å². The van der Waals surface area contributed by atoms with Crippen LogP contribution in [0.2, 0.25) is 0 Å². The Morgan fingerprint density at radius 3 is 1.09 bits per heavy atom. The van der Waals surface area contributed by atoms with Crippen molar-refractivity contribution in [3.05, 3.63) is 243 Å². The summed E-state index contributed by atoms with van der Waals surface area (Å²) in [6, 6.07) is 89.9. The summed E-state index contributed by atoms with van der Waals surface area (Å²) >= 11 is 0. The topological polar surface area (TPSA) is 0 Å². The first-order valence-corrected chi connectivity index (χ1v) is 22.2. The van der Waals surface area contributed by atoms with E-state index in [0.29, 0.717) is 0 Å². The molecule has 1 aliphatic rings. The van der Waals surface area contributed by atoms with Crippen LogP contribution in [0.5, 0.6) is 0 Å². The summed E-state index contributed by atoms with van der Waals surface area (Å²) in [6.07, 6.45) is 0. The van der Waals surface area contributed by atoms with Gasteiger partial charge in [0.05, 0.1) is 0 Å². The molecule has 0 nitrogen and oxygen atoms in total. The Morgan fingerprint density at radius 1 is 0.172 bits per heavy atom. The lowest BCUT2D eigenvalue weighted by Gasteiger charge is -2.22. The lowest BCUT2D eigenvalue weighted by atomic mass is 9.80. The molecule has 64 heavy (non-hydrogen) atoms. The van der Waals surface area contributed by atoms with Gasteiger partial charge in [-0.2, -0.15) is 0 Å². The lowest BCUT2D eigenvalue weighted by molar-refractivity contribution is 1.57. The zero-order valence-electron chi connectivity index (χ0n) is 35.1. The molecular formula is C64H40. The summed E-state index contributed by atoms with van der Waals surface area (Å²) in [6.45, 7) is 0. The Balaban J connectivity index is 1.15. The van der Waals surface area contributed by atoms with Gasteiger partial charge in [-0.05, 0) is 162 Å². The molecule has 0 fully saturated rings. The number of hydrogen-bond donors (Lipinski definition) is 0. The Morgan fingerprint density at radius 2 is 0.547 bits per heavy atom. The van der Waals surface area contributed by atoms with Crippen molar-refractivity contribution in [2.24, 2.45) is 0 Å². The zero-order chi connectivity index (χ0) is 42.1. The van der Waals surface area contributed by atoms with Crippen molar-refractivity contribution >= 4 is 43.1 Å². The third kappa shape index (κ3) is 5.70. The highest BCUT2D eigenvalue weighted by atomic mass is 14.3. The van der Waals surface area contributed by atoms with Gasteiger partial charge in [-0.25, -0.2) is 0 Å². The molecule has 0 radical (unpaired) electrons. The molecule has 0 heteroatoms. The van der Waals surface area contributed by atoms with Crippen molar-refractivity contribution in [2.45, 2.75) is 0 Å². The highest BCUT2D eigenvalue weighted by Gasteiger charge is 2.32. The molecule has 12 aromatic carbocycles. The van der Waals surface area contributed by atoms with Crippen LogP contribution in [-0.4, -0.2) is 0 Å². The quantitative estimate of drug-likeness (QED) is 0.116. The molecule has 13 rings (SSSR count). The Hall–Kier alpha value is -8.32. The van der Waals surface area contributed by atoms with Gasteiger partial charge in [-0.15, -0.1) is 0 Å². The molecule has 0 spiro atoms. The Labute approximate surface area is 373 Å². The summed E-state index contributed by atoms with van der Waals surface area (Å²) in [5.74, 6) is 0. The van der Waals surface area contributed by atoms with Crippen LogP contribution in [0, 0.1) is 0 Å². The fourth-order valence-electron chi connectivity index (χ4n) is 10.8. The Kier molecular flexibility index (Phi) is 8.32. The van der Waals surface area contributed by atoms with E-state index in [9.17, 15) is 0 Å². The average Bonchev–Trinajstić information content (AvgIpc) is 3.69. The van der Waals surface area contributed by atoms with Crippen LogP contribution >= 0.6 is 0 Å². The van der Waals surface area contributed by atoms with Crippen LogP contribution in [0.15, 0.2) is 243 Å². The monoisotopic (exact) mass is 808 g/mol. The van der Waals surface area contributed by atoms with Gasteiger partial charge >= 0.3 is 0 Å². The van der Waals surface area contributed by atoms with E-state index < -0.39 is 0 Å². The summed E-state index contributed by atoms with van der Waals surface area (Å²) in [7, 11) is 0.